The van der Waals surface area contributed by atoms with Crippen LogP contribution in [0.3, 0.4) is 0 Å². The number of hydrogen-bond donors (Lipinski definition) is 4. The summed E-state index contributed by atoms with van der Waals surface area (Å²) in [5.74, 6) is 7.02. The van der Waals surface area contributed by atoms with Crippen molar-refractivity contribution in [1.29, 1.82) is 0 Å². The van der Waals surface area contributed by atoms with Crippen molar-refractivity contribution in [3.63, 3.8) is 0 Å². The Morgan fingerprint density at radius 2 is 1.91 bits per heavy atom. The van der Waals surface area contributed by atoms with E-state index in [2.05, 4.69) is 47.4 Å². The van der Waals surface area contributed by atoms with E-state index < -0.39 is 17.6 Å². The lowest BCUT2D eigenvalue weighted by Crippen LogP contribution is -2.37. The minimum atomic E-state index is -0.951. The normalized spacial score (nSPS) is 34.6. The summed E-state index contributed by atoms with van der Waals surface area (Å²) in [4.78, 5) is 21.7. The summed E-state index contributed by atoms with van der Waals surface area (Å²) < 4.78 is 7.56. The van der Waals surface area contributed by atoms with E-state index in [0.717, 1.165) is 6.42 Å². The van der Waals surface area contributed by atoms with Gasteiger partial charge in [-0.3, -0.25) is 5.32 Å². The zero-order valence-electron chi connectivity index (χ0n) is 17.5. The van der Waals surface area contributed by atoms with Crippen molar-refractivity contribution in [2.75, 3.05) is 19.4 Å². The number of likely N-dealkylation sites (N-methyl/N-ethyl adjacent to an activating group) is 1. The standard InChI is InChI=1S/C21H22N8O3/c1-22-18-13-19(28-12(27-18)5-4-11-24-6-3-7-25-11)29(9-26-13)14-10-8-21(10,16(31)15(14)30)17-20(23-2)32-17/h3,6-7,9-10,14-17,20,23,30-31H,8H2,1-2H3,(H,22,27,28)/t10?,14-,15+,16+,17?,20+,21?/m1/s1. The molecule has 0 spiro atoms. The molecule has 11 nitrogen and oxygen atoms in total. The highest BCUT2D eigenvalue weighted by Crippen LogP contribution is 2.72. The lowest BCUT2D eigenvalue weighted by atomic mass is 9.95. The van der Waals surface area contributed by atoms with Gasteiger partial charge in [-0.05, 0) is 37.3 Å². The zero-order chi connectivity index (χ0) is 22.0. The lowest BCUT2D eigenvalue weighted by molar-refractivity contribution is -0.0235. The van der Waals surface area contributed by atoms with Gasteiger partial charge in [0.1, 0.15) is 18.4 Å². The van der Waals surface area contributed by atoms with Crippen molar-refractivity contribution < 1.29 is 14.9 Å². The Morgan fingerprint density at radius 1 is 1.12 bits per heavy atom. The van der Waals surface area contributed by atoms with Crippen molar-refractivity contribution in [3.05, 3.63) is 36.4 Å². The van der Waals surface area contributed by atoms with Gasteiger partial charge in [0, 0.05) is 24.9 Å². The Labute approximate surface area is 183 Å². The number of hydrogen-bond acceptors (Lipinski definition) is 10. The van der Waals surface area contributed by atoms with Gasteiger partial charge in [-0.2, -0.15) is 0 Å². The molecule has 0 bridgehead atoms. The van der Waals surface area contributed by atoms with Crippen molar-refractivity contribution >= 4 is 17.0 Å². The Balaban J connectivity index is 1.40. The van der Waals surface area contributed by atoms with E-state index in [-0.39, 0.29) is 30.1 Å². The van der Waals surface area contributed by atoms with Crippen LogP contribution in [0, 0.1) is 23.2 Å². The van der Waals surface area contributed by atoms with Crippen LogP contribution >= 0.6 is 0 Å². The average Bonchev–Trinajstić information content (AvgIpc) is 3.71. The quantitative estimate of drug-likeness (QED) is 0.307. The van der Waals surface area contributed by atoms with Crippen LogP contribution in [0.15, 0.2) is 24.8 Å². The van der Waals surface area contributed by atoms with E-state index >= 15 is 0 Å². The fourth-order valence-electron chi connectivity index (χ4n) is 5.28. The largest absolute Gasteiger partial charge is 0.390 e. The average molecular weight is 434 g/mol. The maximum Gasteiger partial charge on any atom is 0.209 e. The first-order valence-corrected chi connectivity index (χ1v) is 10.5. The van der Waals surface area contributed by atoms with Gasteiger partial charge in [0.2, 0.25) is 11.6 Å². The summed E-state index contributed by atoms with van der Waals surface area (Å²) in [5.41, 5.74) is 0.675. The van der Waals surface area contributed by atoms with Gasteiger partial charge >= 0.3 is 0 Å². The van der Waals surface area contributed by atoms with Crippen LogP contribution in [0.2, 0.25) is 0 Å². The molecule has 3 aromatic heterocycles. The monoisotopic (exact) mass is 434 g/mol. The molecule has 0 aromatic carbocycles. The maximum absolute atomic E-state index is 11.0. The number of ether oxygens (including phenoxy) is 1. The van der Waals surface area contributed by atoms with E-state index in [4.69, 9.17) is 4.74 Å². The molecule has 164 valence electrons. The Hall–Kier alpha value is -3.17. The van der Waals surface area contributed by atoms with Crippen molar-refractivity contribution in [2.24, 2.45) is 11.3 Å². The summed E-state index contributed by atoms with van der Waals surface area (Å²) in [6.07, 6.45) is 3.65. The van der Waals surface area contributed by atoms with E-state index in [9.17, 15) is 10.2 Å². The van der Waals surface area contributed by atoms with Crippen molar-refractivity contribution in [3.8, 4) is 11.8 Å². The van der Waals surface area contributed by atoms with Crippen LogP contribution in [-0.2, 0) is 4.74 Å². The lowest BCUT2D eigenvalue weighted by Gasteiger charge is -2.23. The summed E-state index contributed by atoms with van der Waals surface area (Å²) in [7, 11) is 3.58. The molecule has 0 amide bonds. The first kappa shape index (κ1) is 19.5. The van der Waals surface area contributed by atoms with E-state index in [0.29, 0.717) is 22.8 Å². The fourth-order valence-corrected chi connectivity index (χ4v) is 5.28. The predicted octanol–water partition coefficient (Wildman–Crippen LogP) is -0.715. The van der Waals surface area contributed by atoms with Crippen molar-refractivity contribution in [1.82, 2.24) is 34.8 Å². The number of nitrogens with one attached hydrogen (secondary N) is 2. The van der Waals surface area contributed by atoms with Gasteiger partial charge in [-0.25, -0.2) is 24.9 Å². The highest BCUT2D eigenvalue weighted by atomic mass is 16.6. The molecule has 3 aromatic rings. The molecule has 6 rings (SSSR count). The van der Waals surface area contributed by atoms with Crippen molar-refractivity contribution in [2.45, 2.75) is 37.0 Å². The summed E-state index contributed by atoms with van der Waals surface area (Å²) in [6.45, 7) is 0. The van der Waals surface area contributed by atoms with Crippen LogP contribution in [-0.4, -0.2) is 78.3 Å². The van der Waals surface area contributed by atoms with Gasteiger partial charge in [-0.1, -0.05) is 0 Å². The molecule has 0 radical (unpaired) electrons. The molecule has 2 saturated carbocycles. The molecule has 2 aliphatic carbocycles. The van der Waals surface area contributed by atoms with E-state index in [1.807, 2.05) is 11.6 Å². The number of rotatable bonds is 4. The minimum Gasteiger partial charge on any atom is -0.390 e. The third-order valence-corrected chi connectivity index (χ3v) is 6.88. The highest BCUT2D eigenvalue weighted by Gasteiger charge is 2.79. The van der Waals surface area contributed by atoms with Crippen LogP contribution in [0.1, 0.15) is 24.1 Å². The second-order valence-electron chi connectivity index (χ2n) is 8.41. The number of aromatic nitrogens is 6. The first-order chi connectivity index (χ1) is 15.6. The highest BCUT2D eigenvalue weighted by molar-refractivity contribution is 5.83. The number of imidazole rings is 1. The Kier molecular flexibility index (Phi) is 4.22. The van der Waals surface area contributed by atoms with Crippen LogP contribution in [0.25, 0.3) is 11.2 Å². The number of aliphatic hydroxyl groups excluding tert-OH is 2. The van der Waals surface area contributed by atoms with Crippen LogP contribution < -0.4 is 10.6 Å². The number of anilines is 1. The second-order valence-corrected chi connectivity index (χ2v) is 8.41. The molecule has 3 aliphatic rings. The molecular formula is C21H22N8O3. The fraction of sp³-hybridized carbons (Fsp3) is 0.476. The third-order valence-electron chi connectivity index (χ3n) is 6.88. The first-order valence-electron chi connectivity index (χ1n) is 10.5. The van der Waals surface area contributed by atoms with Crippen LogP contribution in [0.4, 0.5) is 5.82 Å². The van der Waals surface area contributed by atoms with E-state index in [1.54, 1.807) is 31.8 Å². The molecule has 11 heteroatoms. The SMILES string of the molecule is CNc1nc(C#Cc2ncccn2)nc2c1ncn2[C@@H]1C2CC2(C2O[C@@H]2NC)[C@@H](O)[C@H]1O. The van der Waals surface area contributed by atoms with Gasteiger partial charge < -0.3 is 24.8 Å². The molecule has 3 unspecified atom stereocenters. The second kappa shape index (κ2) is 6.91. The molecule has 4 N–H and O–H groups in total. The predicted molar refractivity (Wildman–Crippen MR) is 112 cm³/mol. The molecule has 1 aliphatic heterocycles. The topological polar surface area (TPSA) is 146 Å². The maximum atomic E-state index is 11.0. The van der Waals surface area contributed by atoms with Gasteiger partial charge in [0.05, 0.1) is 18.5 Å². The zero-order valence-corrected chi connectivity index (χ0v) is 17.5. The molecular weight excluding hydrogens is 412 g/mol. The minimum absolute atomic E-state index is 0.0634. The molecule has 3 fully saturated rings. The number of fused-ring (bicyclic) bond motifs is 2. The number of epoxide rings is 1. The van der Waals surface area contributed by atoms with Crippen LogP contribution in [0.5, 0.6) is 0 Å². The number of aliphatic hydroxyl groups is 2. The summed E-state index contributed by atoms with van der Waals surface area (Å²) in [6, 6.07) is 1.35. The van der Waals surface area contributed by atoms with Gasteiger partial charge in [0.25, 0.3) is 0 Å². The molecule has 32 heavy (non-hydrogen) atoms. The third kappa shape index (κ3) is 2.67. The summed E-state index contributed by atoms with van der Waals surface area (Å²) in [5, 5.41) is 28.0. The summed E-state index contributed by atoms with van der Waals surface area (Å²) >= 11 is 0. The Morgan fingerprint density at radius 3 is 2.62 bits per heavy atom. The molecule has 7 atom stereocenters. The van der Waals surface area contributed by atoms with Gasteiger partial charge in [0.15, 0.2) is 17.0 Å². The molecule has 1 saturated heterocycles. The van der Waals surface area contributed by atoms with Gasteiger partial charge in [-0.15, -0.1) is 0 Å². The van der Waals surface area contributed by atoms with E-state index in [1.165, 1.54) is 0 Å². The molecule has 4 heterocycles. The smallest absolute Gasteiger partial charge is 0.209 e. The number of nitrogens with zero attached hydrogens (tertiary/aromatic N) is 6. The Bertz CT molecular complexity index is 1250.